The van der Waals surface area contributed by atoms with Crippen molar-refractivity contribution in [1.29, 1.82) is 0 Å². The second-order valence-corrected chi connectivity index (χ2v) is 8.04. The molecular formula is C22H18Cl2N4O5. The third-order valence-corrected chi connectivity index (χ3v) is 5.86. The maximum absolute atomic E-state index is 13.0. The van der Waals surface area contributed by atoms with E-state index < -0.39 is 17.2 Å². The van der Waals surface area contributed by atoms with Gasteiger partial charge in [-0.2, -0.15) is 4.98 Å². The largest absolute Gasteiger partial charge is 0.465 e. The molecule has 0 unspecified atom stereocenters. The minimum atomic E-state index is -0.517. The van der Waals surface area contributed by atoms with E-state index in [1.165, 1.54) is 25.8 Å². The van der Waals surface area contributed by atoms with Crippen molar-refractivity contribution in [2.45, 2.75) is 6.54 Å². The molecule has 0 spiro atoms. The van der Waals surface area contributed by atoms with Crippen molar-refractivity contribution < 1.29 is 14.3 Å². The molecule has 11 heteroatoms. The van der Waals surface area contributed by atoms with Crippen molar-refractivity contribution in [3.8, 4) is 11.8 Å². The number of aromatic nitrogens is 4. The standard InChI is InChI=1S/C22H18Cl2N4O5/c1-26-18-17(19(29)27(2)22(26)31)28(11-12-4-9-15(23)16(24)10-12)21(25-18)33-14-7-5-13(6-8-14)20(30)32-3/h4-10H,11H2,1-3H3. The van der Waals surface area contributed by atoms with Crippen LogP contribution >= 0.6 is 23.2 Å². The molecule has 170 valence electrons. The minimum Gasteiger partial charge on any atom is -0.465 e. The molecule has 0 aliphatic carbocycles. The van der Waals surface area contributed by atoms with Gasteiger partial charge in [-0.05, 0) is 42.0 Å². The Bertz CT molecular complexity index is 1500. The van der Waals surface area contributed by atoms with Crippen molar-refractivity contribution in [2.75, 3.05) is 7.11 Å². The Morgan fingerprint density at radius 2 is 1.70 bits per heavy atom. The van der Waals surface area contributed by atoms with Crippen LogP contribution in [0.4, 0.5) is 0 Å². The molecule has 2 aromatic carbocycles. The van der Waals surface area contributed by atoms with Gasteiger partial charge in [-0.15, -0.1) is 0 Å². The van der Waals surface area contributed by atoms with E-state index in [1.807, 2.05) is 0 Å². The van der Waals surface area contributed by atoms with E-state index >= 15 is 0 Å². The second-order valence-electron chi connectivity index (χ2n) is 7.22. The fourth-order valence-electron chi connectivity index (χ4n) is 3.35. The van der Waals surface area contributed by atoms with E-state index in [2.05, 4.69) is 4.98 Å². The van der Waals surface area contributed by atoms with Crippen LogP contribution in [-0.2, 0) is 25.4 Å². The zero-order chi connectivity index (χ0) is 23.9. The lowest BCUT2D eigenvalue weighted by Crippen LogP contribution is -2.37. The highest BCUT2D eigenvalue weighted by Gasteiger charge is 2.21. The highest BCUT2D eigenvalue weighted by Crippen LogP contribution is 2.28. The Kier molecular flexibility index (Phi) is 6.01. The van der Waals surface area contributed by atoms with Gasteiger partial charge in [0.25, 0.3) is 5.56 Å². The first-order chi connectivity index (χ1) is 15.7. The van der Waals surface area contributed by atoms with Gasteiger partial charge in [-0.3, -0.25) is 18.5 Å². The molecule has 0 saturated heterocycles. The molecule has 0 N–H and O–H groups in total. The normalized spacial score (nSPS) is 11.1. The van der Waals surface area contributed by atoms with Gasteiger partial charge in [0.05, 0.1) is 29.3 Å². The predicted molar refractivity (Wildman–Crippen MR) is 124 cm³/mol. The molecule has 2 heterocycles. The molecule has 0 aliphatic rings. The summed E-state index contributed by atoms with van der Waals surface area (Å²) in [7, 11) is 4.21. The summed E-state index contributed by atoms with van der Waals surface area (Å²) in [6.45, 7) is 0.177. The number of imidazole rings is 1. The maximum Gasteiger partial charge on any atom is 0.337 e. The third kappa shape index (κ3) is 4.12. The van der Waals surface area contributed by atoms with Gasteiger partial charge >= 0.3 is 17.7 Å². The van der Waals surface area contributed by atoms with Gasteiger partial charge in [0.1, 0.15) is 5.75 Å². The van der Waals surface area contributed by atoms with Crippen LogP contribution in [0.2, 0.25) is 10.0 Å². The first-order valence-corrected chi connectivity index (χ1v) is 10.4. The fraction of sp³-hybridized carbons (Fsp3) is 0.182. The second kappa shape index (κ2) is 8.76. The van der Waals surface area contributed by atoms with Crippen molar-refractivity contribution >= 4 is 40.3 Å². The Hall–Kier alpha value is -3.56. The lowest BCUT2D eigenvalue weighted by Gasteiger charge is -2.11. The van der Waals surface area contributed by atoms with Crippen LogP contribution in [0.1, 0.15) is 15.9 Å². The first kappa shape index (κ1) is 22.6. The average molecular weight is 489 g/mol. The summed E-state index contributed by atoms with van der Waals surface area (Å²) in [5, 5.41) is 0.760. The number of nitrogens with zero attached hydrogens (tertiary/aromatic N) is 4. The molecule has 9 nitrogen and oxygen atoms in total. The van der Waals surface area contributed by atoms with E-state index in [4.69, 9.17) is 32.7 Å². The number of methoxy groups -OCH3 is 1. The molecular weight excluding hydrogens is 471 g/mol. The summed E-state index contributed by atoms with van der Waals surface area (Å²) in [4.78, 5) is 41.5. The molecule has 0 atom stereocenters. The van der Waals surface area contributed by atoms with E-state index in [0.717, 1.165) is 10.1 Å². The Labute approximate surface area is 197 Å². The van der Waals surface area contributed by atoms with Crippen LogP contribution in [0.25, 0.3) is 11.2 Å². The van der Waals surface area contributed by atoms with Crippen LogP contribution in [0.5, 0.6) is 11.8 Å². The van der Waals surface area contributed by atoms with Crippen molar-refractivity contribution in [2.24, 2.45) is 14.1 Å². The van der Waals surface area contributed by atoms with E-state index in [1.54, 1.807) is 47.0 Å². The number of carbonyl (C=O) groups is 1. The molecule has 0 saturated carbocycles. The highest BCUT2D eigenvalue weighted by molar-refractivity contribution is 6.42. The topological polar surface area (TPSA) is 97.4 Å². The van der Waals surface area contributed by atoms with Crippen molar-refractivity contribution in [1.82, 2.24) is 18.7 Å². The average Bonchev–Trinajstić information content (AvgIpc) is 3.16. The Morgan fingerprint density at radius 1 is 1.00 bits per heavy atom. The summed E-state index contributed by atoms with van der Waals surface area (Å²) < 4.78 is 14.5. The lowest BCUT2D eigenvalue weighted by atomic mass is 10.2. The number of carbonyl (C=O) groups excluding carboxylic acids is 1. The molecule has 0 bridgehead atoms. The quantitative estimate of drug-likeness (QED) is 0.399. The van der Waals surface area contributed by atoms with E-state index in [-0.39, 0.29) is 23.7 Å². The zero-order valence-corrected chi connectivity index (χ0v) is 19.3. The number of halogens is 2. The molecule has 4 rings (SSSR count). The Morgan fingerprint density at radius 3 is 2.33 bits per heavy atom. The number of aryl methyl sites for hydroxylation is 1. The number of benzene rings is 2. The molecule has 33 heavy (non-hydrogen) atoms. The molecule has 4 aromatic rings. The summed E-state index contributed by atoms with van der Waals surface area (Å²) in [5.41, 5.74) is 0.421. The van der Waals surface area contributed by atoms with Gasteiger partial charge < -0.3 is 9.47 Å². The number of hydrogen-bond acceptors (Lipinski definition) is 6. The SMILES string of the molecule is COC(=O)c1ccc(Oc2nc3c(c(=O)n(C)c(=O)n3C)n2Cc2ccc(Cl)c(Cl)c2)cc1. The Balaban J connectivity index is 1.86. The molecule has 0 aliphatic heterocycles. The van der Waals surface area contributed by atoms with Gasteiger partial charge in [0.15, 0.2) is 11.2 Å². The minimum absolute atomic E-state index is 0.0835. The fourth-order valence-corrected chi connectivity index (χ4v) is 3.67. The van der Waals surface area contributed by atoms with Crippen molar-refractivity contribution in [3.63, 3.8) is 0 Å². The lowest BCUT2D eigenvalue weighted by molar-refractivity contribution is 0.0600. The summed E-state index contributed by atoms with van der Waals surface area (Å²) >= 11 is 12.2. The van der Waals surface area contributed by atoms with Crippen LogP contribution in [0.15, 0.2) is 52.1 Å². The van der Waals surface area contributed by atoms with Crippen LogP contribution in [-0.4, -0.2) is 31.8 Å². The number of esters is 1. The number of ether oxygens (including phenoxy) is 2. The van der Waals surface area contributed by atoms with Crippen LogP contribution < -0.4 is 16.0 Å². The number of hydrogen-bond donors (Lipinski definition) is 0. The highest BCUT2D eigenvalue weighted by atomic mass is 35.5. The van der Waals surface area contributed by atoms with E-state index in [0.29, 0.717) is 21.4 Å². The van der Waals surface area contributed by atoms with E-state index in [9.17, 15) is 14.4 Å². The predicted octanol–water partition coefficient (Wildman–Crippen LogP) is 3.37. The summed E-state index contributed by atoms with van der Waals surface area (Å²) in [5.74, 6) is -0.109. The molecule has 2 aromatic heterocycles. The summed E-state index contributed by atoms with van der Waals surface area (Å²) in [6, 6.07) is 11.4. The molecule has 0 amide bonds. The van der Waals surface area contributed by atoms with Crippen LogP contribution in [0.3, 0.4) is 0 Å². The molecule has 0 fully saturated rings. The molecule has 0 radical (unpaired) electrons. The number of rotatable bonds is 5. The van der Waals surface area contributed by atoms with Crippen LogP contribution in [0, 0.1) is 0 Å². The third-order valence-electron chi connectivity index (χ3n) is 5.12. The maximum atomic E-state index is 13.0. The monoisotopic (exact) mass is 488 g/mol. The van der Waals surface area contributed by atoms with Gasteiger partial charge in [-0.25, -0.2) is 9.59 Å². The van der Waals surface area contributed by atoms with Gasteiger partial charge in [0.2, 0.25) is 0 Å². The smallest absolute Gasteiger partial charge is 0.337 e. The van der Waals surface area contributed by atoms with Gasteiger partial charge in [-0.1, -0.05) is 29.3 Å². The number of fused-ring (bicyclic) bond motifs is 1. The van der Waals surface area contributed by atoms with Crippen molar-refractivity contribution in [3.05, 3.63) is 84.5 Å². The zero-order valence-electron chi connectivity index (χ0n) is 17.8. The summed E-state index contributed by atoms with van der Waals surface area (Å²) in [6.07, 6.45) is 0. The van der Waals surface area contributed by atoms with Gasteiger partial charge in [0, 0.05) is 14.1 Å². The first-order valence-electron chi connectivity index (χ1n) is 9.67.